The maximum atomic E-state index is 5.58. The molecule has 0 saturated heterocycles. The molecule has 1 aliphatic carbocycles. The first kappa shape index (κ1) is 19.9. The lowest BCUT2D eigenvalue weighted by Crippen LogP contribution is -2.39. The van der Waals surface area contributed by atoms with Gasteiger partial charge in [-0.25, -0.2) is 0 Å². The predicted octanol–water partition coefficient (Wildman–Crippen LogP) is 2.01. The van der Waals surface area contributed by atoms with Crippen molar-refractivity contribution in [3.05, 3.63) is 0 Å². The molecular weight excluding hydrogens is 369 g/mol. The molecule has 6 heteroatoms. The molecule has 0 aromatic heterocycles. The van der Waals surface area contributed by atoms with E-state index in [-0.39, 0.29) is 24.0 Å². The van der Waals surface area contributed by atoms with Crippen molar-refractivity contribution < 1.29 is 9.47 Å². The molecule has 0 radical (unpaired) electrons. The van der Waals surface area contributed by atoms with Crippen LogP contribution in [0.2, 0.25) is 0 Å². The molecule has 0 aromatic rings. The lowest BCUT2D eigenvalue weighted by Gasteiger charge is -2.11. The molecule has 0 aliphatic heterocycles. The van der Waals surface area contributed by atoms with Gasteiger partial charge in [-0.15, -0.1) is 24.0 Å². The minimum atomic E-state index is 0. The average molecular weight is 399 g/mol. The Morgan fingerprint density at radius 1 is 1.15 bits per heavy atom. The number of nitrogens with one attached hydrogen (secondary N) is 2. The summed E-state index contributed by atoms with van der Waals surface area (Å²) in [5.41, 5.74) is 0. The fraction of sp³-hybridized carbons (Fsp3) is 0.929. The fourth-order valence-electron chi connectivity index (χ4n) is 1.62. The first-order valence-corrected chi connectivity index (χ1v) is 7.54. The van der Waals surface area contributed by atoms with Gasteiger partial charge >= 0.3 is 0 Å². The van der Waals surface area contributed by atoms with E-state index < -0.39 is 0 Å². The quantitative estimate of drug-likeness (QED) is 0.242. The van der Waals surface area contributed by atoms with Gasteiger partial charge in [-0.3, -0.25) is 4.99 Å². The Balaban J connectivity index is 0.00000361. The second-order valence-corrected chi connectivity index (χ2v) is 4.76. The van der Waals surface area contributed by atoms with E-state index in [0.29, 0.717) is 6.61 Å². The molecule has 0 bridgehead atoms. The highest BCUT2D eigenvalue weighted by atomic mass is 127. The number of halogens is 1. The number of hydrogen-bond donors (Lipinski definition) is 2. The zero-order chi connectivity index (χ0) is 13.8. The second kappa shape index (κ2) is 13.9. The normalized spacial score (nSPS) is 14.8. The van der Waals surface area contributed by atoms with Gasteiger partial charge < -0.3 is 20.1 Å². The van der Waals surface area contributed by atoms with Crippen molar-refractivity contribution in [2.75, 3.05) is 46.1 Å². The van der Waals surface area contributed by atoms with E-state index in [1.165, 1.54) is 12.8 Å². The molecule has 0 heterocycles. The van der Waals surface area contributed by atoms with Gasteiger partial charge in [0.05, 0.1) is 6.61 Å². The molecule has 0 atom stereocenters. The maximum Gasteiger partial charge on any atom is 0.191 e. The standard InChI is InChI=1S/C14H29N3O2.HI/c1-3-15-14(17-9-11-18-4-2)16-8-5-10-19-12-13-6-7-13;/h13H,3-12H2,1-2H3,(H2,15,16,17);1H. The van der Waals surface area contributed by atoms with Gasteiger partial charge in [0.2, 0.25) is 0 Å². The summed E-state index contributed by atoms with van der Waals surface area (Å²) in [4.78, 5) is 4.50. The minimum Gasteiger partial charge on any atom is -0.381 e. The Morgan fingerprint density at radius 3 is 2.60 bits per heavy atom. The predicted molar refractivity (Wildman–Crippen MR) is 94.0 cm³/mol. The molecular formula is C14H30IN3O2. The Bertz CT molecular complexity index is 249. The molecule has 0 unspecified atom stereocenters. The SMILES string of the molecule is CCNC(=NCCCOCC1CC1)NCCOCC.I. The highest BCUT2D eigenvalue weighted by molar-refractivity contribution is 14.0. The molecule has 1 aliphatic rings. The van der Waals surface area contributed by atoms with Crippen molar-refractivity contribution in [3.63, 3.8) is 0 Å². The van der Waals surface area contributed by atoms with Crippen LogP contribution in [0.4, 0.5) is 0 Å². The van der Waals surface area contributed by atoms with Crippen LogP contribution in [0.5, 0.6) is 0 Å². The summed E-state index contributed by atoms with van der Waals surface area (Å²) >= 11 is 0. The number of guanidine groups is 1. The molecule has 120 valence electrons. The monoisotopic (exact) mass is 399 g/mol. The van der Waals surface area contributed by atoms with E-state index in [0.717, 1.165) is 57.8 Å². The van der Waals surface area contributed by atoms with E-state index in [1.807, 2.05) is 6.92 Å². The second-order valence-electron chi connectivity index (χ2n) is 4.76. The Hall–Kier alpha value is -0.0800. The Morgan fingerprint density at radius 2 is 1.95 bits per heavy atom. The van der Waals surface area contributed by atoms with Gasteiger partial charge in [0.1, 0.15) is 0 Å². The summed E-state index contributed by atoms with van der Waals surface area (Å²) in [6, 6.07) is 0. The molecule has 1 rings (SSSR count). The first-order chi connectivity index (χ1) is 9.36. The van der Waals surface area contributed by atoms with Crippen molar-refractivity contribution in [3.8, 4) is 0 Å². The van der Waals surface area contributed by atoms with Gasteiger partial charge in [-0.05, 0) is 39.0 Å². The molecule has 0 aromatic carbocycles. The van der Waals surface area contributed by atoms with Crippen molar-refractivity contribution in [2.45, 2.75) is 33.1 Å². The van der Waals surface area contributed by atoms with Crippen molar-refractivity contribution in [1.29, 1.82) is 0 Å². The van der Waals surface area contributed by atoms with Crippen LogP contribution in [0.15, 0.2) is 4.99 Å². The molecule has 2 N–H and O–H groups in total. The van der Waals surface area contributed by atoms with Crippen LogP contribution in [0, 0.1) is 5.92 Å². The van der Waals surface area contributed by atoms with E-state index in [2.05, 4.69) is 22.5 Å². The summed E-state index contributed by atoms with van der Waals surface area (Å²) < 4.78 is 10.9. The largest absolute Gasteiger partial charge is 0.381 e. The van der Waals surface area contributed by atoms with Crippen molar-refractivity contribution >= 4 is 29.9 Å². The molecule has 0 amide bonds. The fourth-order valence-corrected chi connectivity index (χ4v) is 1.62. The van der Waals surface area contributed by atoms with Crippen LogP contribution in [-0.4, -0.2) is 52.0 Å². The van der Waals surface area contributed by atoms with Gasteiger partial charge in [0.15, 0.2) is 5.96 Å². The Labute approximate surface area is 140 Å². The molecule has 0 spiro atoms. The van der Waals surface area contributed by atoms with Crippen LogP contribution in [-0.2, 0) is 9.47 Å². The number of aliphatic imine (C=N–C) groups is 1. The molecule has 20 heavy (non-hydrogen) atoms. The van der Waals surface area contributed by atoms with Crippen LogP contribution in [0.25, 0.3) is 0 Å². The summed E-state index contributed by atoms with van der Waals surface area (Å²) in [5, 5.41) is 6.47. The zero-order valence-corrected chi connectivity index (χ0v) is 15.2. The average Bonchev–Trinajstić information content (AvgIpc) is 3.22. The van der Waals surface area contributed by atoms with Crippen LogP contribution in [0.3, 0.4) is 0 Å². The van der Waals surface area contributed by atoms with Gasteiger partial charge in [0, 0.05) is 39.5 Å². The third-order valence-corrected chi connectivity index (χ3v) is 2.85. The van der Waals surface area contributed by atoms with Crippen LogP contribution in [0.1, 0.15) is 33.1 Å². The van der Waals surface area contributed by atoms with Crippen molar-refractivity contribution in [2.24, 2.45) is 10.9 Å². The number of ether oxygens (including phenoxy) is 2. The number of rotatable bonds is 11. The van der Waals surface area contributed by atoms with Gasteiger partial charge in [-0.2, -0.15) is 0 Å². The summed E-state index contributed by atoms with van der Waals surface area (Å²) in [5.74, 6) is 1.71. The summed E-state index contributed by atoms with van der Waals surface area (Å²) in [6.45, 7) is 9.76. The van der Waals surface area contributed by atoms with E-state index in [1.54, 1.807) is 0 Å². The summed E-state index contributed by atoms with van der Waals surface area (Å²) in [6.07, 6.45) is 3.69. The highest BCUT2D eigenvalue weighted by Crippen LogP contribution is 2.28. The Kier molecular flexibility index (Phi) is 13.8. The third-order valence-electron chi connectivity index (χ3n) is 2.85. The smallest absolute Gasteiger partial charge is 0.191 e. The minimum absolute atomic E-state index is 0. The van der Waals surface area contributed by atoms with Gasteiger partial charge in [0.25, 0.3) is 0 Å². The number of hydrogen-bond acceptors (Lipinski definition) is 3. The van der Waals surface area contributed by atoms with E-state index in [4.69, 9.17) is 9.47 Å². The van der Waals surface area contributed by atoms with E-state index in [9.17, 15) is 0 Å². The first-order valence-electron chi connectivity index (χ1n) is 7.54. The molecule has 1 fully saturated rings. The zero-order valence-electron chi connectivity index (χ0n) is 12.8. The maximum absolute atomic E-state index is 5.58. The van der Waals surface area contributed by atoms with Gasteiger partial charge in [-0.1, -0.05) is 0 Å². The van der Waals surface area contributed by atoms with Crippen molar-refractivity contribution in [1.82, 2.24) is 10.6 Å². The summed E-state index contributed by atoms with van der Waals surface area (Å²) in [7, 11) is 0. The van der Waals surface area contributed by atoms with Crippen LogP contribution < -0.4 is 10.6 Å². The van der Waals surface area contributed by atoms with E-state index >= 15 is 0 Å². The molecule has 1 saturated carbocycles. The third kappa shape index (κ3) is 11.7. The van der Waals surface area contributed by atoms with Crippen LogP contribution >= 0.6 is 24.0 Å². The molecule has 5 nitrogen and oxygen atoms in total. The lowest BCUT2D eigenvalue weighted by atomic mass is 10.4. The topological polar surface area (TPSA) is 54.9 Å². The lowest BCUT2D eigenvalue weighted by molar-refractivity contribution is 0.123. The number of nitrogens with zero attached hydrogens (tertiary/aromatic N) is 1. The highest BCUT2D eigenvalue weighted by Gasteiger charge is 2.20.